The summed E-state index contributed by atoms with van der Waals surface area (Å²) in [6, 6.07) is 4.41. The minimum absolute atomic E-state index is 0. The van der Waals surface area contributed by atoms with Gasteiger partial charge in [0.05, 0.1) is 0 Å². The van der Waals surface area contributed by atoms with Crippen LogP contribution in [0.2, 0.25) is 10.0 Å². The molecule has 1 N–H and O–H groups in total. The molecule has 132 valence electrons. The van der Waals surface area contributed by atoms with Gasteiger partial charge in [-0.25, -0.2) is 0 Å². The lowest BCUT2D eigenvalue weighted by atomic mass is 10.1. The lowest BCUT2D eigenvalue weighted by Gasteiger charge is -2.33. The van der Waals surface area contributed by atoms with E-state index >= 15 is 0 Å². The number of hydrogen-bond acceptors (Lipinski definition) is 3. The third kappa shape index (κ3) is 4.14. The molecule has 1 atom stereocenters. The average molecular weight is 393 g/mol. The van der Waals surface area contributed by atoms with Crippen LogP contribution >= 0.6 is 35.6 Å². The Hall–Kier alpha value is -1.01. The molecule has 0 radical (unpaired) electrons. The van der Waals surface area contributed by atoms with Crippen molar-refractivity contribution in [1.29, 1.82) is 0 Å². The van der Waals surface area contributed by atoms with E-state index in [1.54, 1.807) is 23.1 Å². The third-order valence-electron chi connectivity index (χ3n) is 4.34. The maximum Gasteiger partial charge on any atom is 0.254 e. The van der Waals surface area contributed by atoms with Crippen molar-refractivity contribution in [1.82, 2.24) is 15.1 Å². The largest absolute Gasteiger partial charge is 0.338 e. The van der Waals surface area contributed by atoms with Gasteiger partial charge in [-0.05, 0) is 31.0 Å². The first-order valence-corrected chi connectivity index (χ1v) is 8.58. The van der Waals surface area contributed by atoms with E-state index in [-0.39, 0.29) is 30.3 Å². The molecule has 2 saturated heterocycles. The molecule has 1 aromatic carbocycles. The predicted octanol–water partition coefficient (Wildman–Crippen LogP) is 2.45. The molecule has 1 unspecified atom stereocenters. The molecule has 2 heterocycles. The number of nitrogens with one attached hydrogen (secondary N) is 1. The number of benzene rings is 1. The minimum atomic E-state index is -0.377. The molecule has 3 rings (SSSR count). The normalized spacial score (nSPS) is 20.7. The predicted molar refractivity (Wildman–Crippen MR) is 97.2 cm³/mol. The van der Waals surface area contributed by atoms with Gasteiger partial charge >= 0.3 is 0 Å². The van der Waals surface area contributed by atoms with Gasteiger partial charge in [0.25, 0.3) is 5.91 Å². The number of likely N-dealkylation sites (tertiary alicyclic amines) is 1. The second kappa shape index (κ2) is 8.39. The third-order valence-corrected chi connectivity index (χ3v) is 4.77. The van der Waals surface area contributed by atoms with Gasteiger partial charge in [-0.15, -0.1) is 12.4 Å². The van der Waals surface area contributed by atoms with Crippen LogP contribution in [0, 0.1) is 0 Å². The van der Waals surface area contributed by atoms with Crippen LogP contribution in [-0.4, -0.2) is 60.4 Å². The topological polar surface area (TPSA) is 52.7 Å². The number of nitrogens with zero attached hydrogens (tertiary/aromatic N) is 2. The van der Waals surface area contributed by atoms with Crippen LogP contribution in [0.4, 0.5) is 0 Å². The monoisotopic (exact) mass is 391 g/mol. The molecule has 0 aromatic heterocycles. The van der Waals surface area contributed by atoms with Crippen LogP contribution in [0.1, 0.15) is 23.2 Å². The van der Waals surface area contributed by atoms with E-state index in [1.807, 2.05) is 4.90 Å². The highest BCUT2D eigenvalue weighted by molar-refractivity contribution is 6.35. The van der Waals surface area contributed by atoms with E-state index in [9.17, 15) is 9.59 Å². The highest BCUT2D eigenvalue weighted by Gasteiger charge is 2.37. The van der Waals surface area contributed by atoms with Crippen LogP contribution in [-0.2, 0) is 4.79 Å². The maximum atomic E-state index is 12.8. The number of amides is 2. The van der Waals surface area contributed by atoms with Gasteiger partial charge in [-0.2, -0.15) is 0 Å². The maximum absolute atomic E-state index is 12.8. The Labute approximate surface area is 157 Å². The number of carbonyl (C=O) groups excluding carboxylic acids is 2. The van der Waals surface area contributed by atoms with Crippen LogP contribution in [0.3, 0.4) is 0 Å². The quantitative estimate of drug-likeness (QED) is 0.841. The molecule has 1 aromatic rings. The molecule has 2 amide bonds. The van der Waals surface area contributed by atoms with E-state index in [1.165, 1.54) is 0 Å². The Morgan fingerprint density at radius 1 is 1.04 bits per heavy atom. The number of piperazine rings is 1. The van der Waals surface area contributed by atoms with Gasteiger partial charge in [0, 0.05) is 48.3 Å². The molecule has 0 spiro atoms. The number of halogens is 3. The van der Waals surface area contributed by atoms with Gasteiger partial charge in [0.15, 0.2) is 0 Å². The van der Waals surface area contributed by atoms with E-state index < -0.39 is 0 Å². The first kappa shape index (κ1) is 19.3. The summed E-state index contributed by atoms with van der Waals surface area (Å²) in [7, 11) is 0. The molecule has 0 bridgehead atoms. The molecule has 24 heavy (non-hydrogen) atoms. The second-order valence-corrected chi connectivity index (χ2v) is 6.76. The van der Waals surface area contributed by atoms with Crippen molar-refractivity contribution in [2.75, 3.05) is 32.7 Å². The standard InChI is InChI=1S/C16H19Cl2N3O2.ClH/c17-12-8-11(9-13(18)10-12)15(22)21-5-1-2-14(21)16(23)20-6-3-19-4-7-20;/h8-10,14,19H,1-7H2;1H. The van der Waals surface area contributed by atoms with Crippen LogP contribution < -0.4 is 5.32 Å². The van der Waals surface area contributed by atoms with Crippen LogP contribution in [0.5, 0.6) is 0 Å². The zero-order chi connectivity index (χ0) is 16.4. The Balaban J connectivity index is 0.00000208. The van der Waals surface area contributed by atoms with E-state index in [0.717, 1.165) is 19.5 Å². The molecule has 5 nitrogen and oxygen atoms in total. The van der Waals surface area contributed by atoms with Crippen molar-refractivity contribution in [2.45, 2.75) is 18.9 Å². The molecule has 0 aliphatic carbocycles. The Kier molecular flexibility index (Phi) is 6.75. The van der Waals surface area contributed by atoms with E-state index in [0.29, 0.717) is 41.7 Å². The fourth-order valence-electron chi connectivity index (χ4n) is 3.21. The van der Waals surface area contributed by atoms with Gasteiger partial charge in [0.1, 0.15) is 6.04 Å². The summed E-state index contributed by atoms with van der Waals surface area (Å²) in [4.78, 5) is 29.0. The molecular formula is C16H20Cl3N3O2. The first-order valence-electron chi connectivity index (χ1n) is 7.83. The number of hydrogen-bond donors (Lipinski definition) is 1. The summed E-state index contributed by atoms with van der Waals surface area (Å²) in [5.41, 5.74) is 0.433. The summed E-state index contributed by atoms with van der Waals surface area (Å²) in [6.07, 6.45) is 1.55. The lowest BCUT2D eigenvalue weighted by molar-refractivity contribution is -0.135. The van der Waals surface area contributed by atoms with Crippen molar-refractivity contribution in [2.24, 2.45) is 0 Å². The second-order valence-electron chi connectivity index (χ2n) is 5.89. The lowest BCUT2D eigenvalue weighted by Crippen LogP contribution is -2.53. The fraction of sp³-hybridized carbons (Fsp3) is 0.500. The summed E-state index contributed by atoms with van der Waals surface area (Å²) in [6.45, 7) is 3.58. The number of carbonyl (C=O) groups is 2. The van der Waals surface area contributed by atoms with Crippen molar-refractivity contribution >= 4 is 47.4 Å². The summed E-state index contributed by atoms with van der Waals surface area (Å²) >= 11 is 12.0. The SMILES string of the molecule is Cl.O=C(C1CCCN1C(=O)c1cc(Cl)cc(Cl)c1)N1CCNCC1. The van der Waals surface area contributed by atoms with Gasteiger partial charge in [-0.3, -0.25) is 9.59 Å². The van der Waals surface area contributed by atoms with Crippen molar-refractivity contribution < 1.29 is 9.59 Å². The summed E-state index contributed by atoms with van der Waals surface area (Å²) in [5, 5.41) is 4.07. The zero-order valence-electron chi connectivity index (χ0n) is 13.1. The average Bonchev–Trinajstić information content (AvgIpc) is 3.03. The Morgan fingerprint density at radius 2 is 1.67 bits per heavy atom. The molecule has 2 aliphatic heterocycles. The van der Waals surface area contributed by atoms with Gasteiger partial charge in [-0.1, -0.05) is 23.2 Å². The highest BCUT2D eigenvalue weighted by Crippen LogP contribution is 2.25. The molecule has 0 saturated carbocycles. The van der Waals surface area contributed by atoms with Crippen LogP contribution in [0.15, 0.2) is 18.2 Å². The minimum Gasteiger partial charge on any atom is -0.338 e. The smallest absolute Gasteiger partial charge is 0.254 e. The number of rotatable bonds is 2. The molecule has 2 fully saturated rings. The van der Waals surface area contributed by atoms with Gasteiger partial charge < -0.3 is 15.1 Å². The van der Waals surface area contributed by atoms with E-state index in [4.69, 9.17) is 23.2 Å². The first-order chi connectivity index (χ1) is 11.1. The fourth-order valence-corrected chi connectivity index (χ4v) is 3.73. The zero-order valence-corrected chi connectivity index (χ0v) is 15.5. The van der Waals surface area contributed by atoms with Crippen molar-refractivity contribution in [3.8, 4) is 0 Å². The Morgan fingerprint density at radius 3 is 2.29 bits per heavy atom. The molecule has 2 aliphatic rings. The summed E-state index contributed by atoms with van der Waals surface area (Å²) in [5.74, 6) is -0.133. The van der Waals surface area contributed by atoms with Gasteiger partial charge in [0.2, 0.25) is 5.91 Å². The molecular weight excluding hydrogens is 373 g/mol. The Bertz CT molecular complexity index is 600. The highest BCUT2D eigenvalue weighted by atomic mass is 35.5. The van der Waals surface area contributed by atoms with Crippen molar-refractivity contribution in [3.05, 3.63) is 33.8 Å². The van der Waals surface area contributed by atoms with E-state index in [2.05, 4.69) is 5.32 Å². The van der Waals surface area contributed by atoms with Crippen LogP contribution in [0.25, 0.3) is 0 Å². The van der Waals surface area contributed by atoms with Crippen molar-refractivity contribution in [3.63, 3.8) is 0 Å². The molecule has 8 heteroatoms. The summed E-state index contributed by atoms with van der Waals surface area (Å²) < 4.78 is 0.